The smallest absolute Gasteiger partial charge is 0.253 e. The van der Waals surface area contributed by atoms with E-state index >= 15 is 0 Å². The Kier molecular flexibility index (Phi) is 7.07. The molecule has 0 spiro atoms. The molecule has 7 nitrogen and oxygen atoms in total. The molecule has 0 radical (unpaired) electrons. The van der Waals surface area contributed by atoms with Crippen LogP contribution in [-0.4, -0.2) is 25.7 Å². The first-order chi connectivity index (χ1) is 18.3. The molecule has 5 rings (SSSR count). The zero-order valence-corrected chi connectivity index (χ0v) is 21.8. The fraction of sp³-hybridized carbons (Fsp3) is 0.172. The van der Waals surface area contributed by atoms with Crippen molar-refractivity contribution in [3.63, 3.8) is 0 Å². The normalized spacial score (nSPS) is 11.9. The Hall–Kier alpha value is -4.30. The molecule has 0 fully saturated rings. The maximum atomic E-state index is 13.7. The zero-order valence-electron chi connectivity index (χ0n) is 21.1. The van der Waals surface area contributed by atoms with Crippen LogP contribution in [-0.2, 0) is 6.61 Å². The van der Waals surface area contributed by atoms with Gasteiger partial charge in [0.1, 0.15) is 17.9 Å². The molecule has 1 atom stereocenters. The van der Waals surface area contributed by atoms with E-state index in [1.54, 1.807) is 18.3 Å². The monoisotopic (exact) mass is 529 g/mol. The number of aromatic nitrogens is 4. The summed E-state index contributed by atoms with van der Waals surface area (Å²) in [7, 11) is 0. The number of fused-ring (bicyclic) bond motifs is 1. The minimum atomic E-state index is -0.425. The highest BCUT2D eigenvalue weighted by Crippen LogP contribution is 2.32. The van der Waals surface area contributed by atoms with E-state index in [1.807, 2.05) is 57.2 Å². The molecular weight excluding hydrogens is 505 g/mol. The van der Waals surface area contributed by atoms with Crippen LogP contribution in [0.5, 0.6) is 5.75 Å². The van der Waals surface area contributed by atoms with Crippen LogP contribution >= 0.6 is 11.6 Å². The van der Waals surface area contributed by atoms with Crippen LogP contribution in [0.2, 0.25) is 5.02 Å². The lowest BCUT2D eigenvalue weighted by atomic mass is 9.98. The summed E-state index contributed by atoms with van der Waals surface area (Å²) in [5.74, 6) is -0.104. The van der Waals surface area contributed by atoms with Crippen molar-refractivity contribution in [3.8, 4) is 11.4 Å². The molecule has 9 heteroatoms. The van der Waals surface area contributed by atoms with Gasteiger partial charge in [-0.15, -0.1) is 0 Å². The second kappa shape index (κ2) is 10.6. The third-order valence-electron chi connectivity index (χ3n) is 6.19. The van der Waals surface area contributed by atoms with Gasteiger partial charge in [0.2, 0.25) is 0 Å². The number of halogens is 2. The van der Waals surface area contributed by atoms with E-state index in [2.05, 4.69) is 15.4 Å². The summed E-state index contributed by atoms with van der Waals surface area (Å²) in [6, 6.07) is 14.4. The van der Waals surface area contributed by atoms with Crippen LogP contribution in [0.15, 0.2) is 73.3 Å². The Morgan fingerprint density at radius 1 is 1.16 bits per heavy atom. The highest BCUT2D eigenvalue weighted by atomic mass is 35.5. The molecule has 0 aliphatic rings. The van der Waals surface area contributed by atoms with Crippen molar-refractivity contribution in [2.75, 3.05) is 0 Å². The highest BCUT2D eigenvalue weighted by molar-refractivity contribution is 6.31. The van der Waals surface area contributed by atoms with Gasteiger partial charge in [-0.05, 0) is 62.2 Å². The second-order valence-corrected chi connectivity index (χ2v) is 9.49. The molecule has 0 saturated heterocycles. The van der Waals surface area contributed by atoms with Crippen LogP contribution in [0.1, 0.15) is 45.7 Å². The highest BCUT2D eigenvalue weighted by Gasteiger charge is 2.19. The molecule has 0 bridgehead atoms. The first kappa shape index (κ1) is 25.4. The number of nitrogens with one attached hydrogen (secondary N) is 1. The van der Waals surface area contributed by atoms with Crippen molar-refractivity contribution >= 4 is 28.4 Å². The maximum Gasteiger partial charge on any atom is 0.253 e. The Morgan fingerprint density at radius 2 is 2.00 bits per heavy atom. The molecule has 0 aliphatic heterocycles. The van der Waals surface area contributed by atoms with E-state index in [0.29, 0.717) is 27.5 Å². The number of hydrogen-bond acceptors (Lipinski definition) is 5. The van der Waals surface area contributed by atoms with Gasteiger partial charge in [-0.2, -0.15) is 5.10 Å². The molecule has 2 aromatic carbocycles. The van der Waals surface area contributed by atoms with E-state index in [-0.39, 0.29) is 18.6 Å². The molecule has 0 saturated carbocycles. The number of para-hydroxylation sites is 1. The standard InChI is InChI=1S/C29H25ClFN5O2/c1-17-10-23(19(3)35-29(37)20-6-5-9-32-13-20)24(25(30)11-17)16-38-27-8-4-7-22-26(12-18(2)34-28(22)27)36-15-21(31)14-33-36/h4-15,19H,16H2,1-3H3,(H,35,37)/t19-/m0/s1. The van der Waals surface area contributed by atoms with Crippen LogP contribution in [0.4, 0.5) is 4.39 Å². The van der Waals surface area contributed by atoms with Crippen molar-refractivity contribution in [2.45, 2.75) is 33.4 Å². The third-order valence-corrected chi connectivity index (χ3v) is 6.53. The van der Waals surface area contributed by atoms with Crippen LogP contribution in [0, 0.1) is 19.7 Å². The predicted molar refractivity (Wildman–Crippen MR) is 144 cm³/mol. The topological polar surface area (TPSA) is 81.9 Å². The minimum Gasteiger partial charge on any atom is -0.487 e. The molecule has 0 aliphatic carbocycles. The molecule has 5 aromatic rings. The fourth-order valence-corrected chi connectivity index (χ4v) is 4.75. The third kappa shape index (κ3) is 5.21. The Labute approximate surface area is 224 Å². The van der Waals surface area contributed by atoms with Crippen LogP contribution in [0.3, 0.4) is 0 Å². The molecule has 3 aromatic heterocycles. The lowest BCUT2D eigenvalue weighted by Crippen LogP contribution is -2.27. The number of carbonyl (C=O) groups is 1. The molecule has 1 N–H and O–H groups in total. The number of carbonyl (C=O) groups excluding carboxylic acids is 1. The summed E-state index contributed by atoms with van der Waals surface area (Å²) >= 11 is 6.68. The number of nitrogens with zero attached hydrogens (tertiary/aromatic N) is 4. The zero-order chi connectivity index (χ0) is 26.8. The van der Waals surface area contributed by atoms with Gasteiger partial charge in [-0.25, -0.2) is 14.1 Å². The number of aryl methyl sites for hydroxylation is 2. The summed E-state index contributed by atoms with van der Waals surface area (Å²) in [5, 5.41) is 8.45. The van der Waals surface area contributed by atoms with E-state index in [1.165, 1.54) is 17.1 Å². The van der Waals surface area contributed by atoms with Gasteiger partial charge in [0, 0.05) is 34.1 Å². The lowest BCUT2D eigenvalue weighted by Gasteiger charge is -2.21. The van der Waals surface area contributed by atoms with Crippen molar-refractivity contribution in [2.24, 2.45) is 0 Å². The second-order valence-electron chi connectivity index (χ2n) is 9.08. The summed E-state index contributed by atoms with van der Waals surface area (Å²) in [5.41, 5.74) is 5.11. The van der Waals surface area contributed by atoms with E-state index in [0.717, 1.165) is 34.0 Å². The first-order valence-corrected chi connectivity index (χ1v) is 12.4. The lowest BCUT2D eigenvalue weighted by molar-refractivity contribution is 0.0939. The van der Waals surface area contributed by atoms with E-state index < -0.39 is 5.82 Å². The Balaban J connectivity index is 1.46. The first-order valence-electron chi connectivity index (χ1n) is 12.0. The summed E-state index contributed by atoms with van der Waals surface area (Å²) in [6.45, 7) is 5.87. The van der Waals surface area contributed by atoms with Gasteiger partial charge in [0.05, 0.1) is 29.7 Å². The fourth-order valence-electron chi connectivity index (χ4n) is 4.41. The summed E-state index contributed by atoms with van der Waals surface area (Å²) in [4.78, 5) is 21.5. The van der Waals surface area contributed by atoms with Crippen LogP contribution in [0.25, 0.3) is 16.6 Å². The number of pyridine rings is 2. The van der Waals surface area contributed by atoms with E-state index in [4.69, 9.17) is 21.3 Å². The minimum absolute atomic E-state index is 0.155. The molecule has 3 heterocycles. The van der Waals surface area contributed by atoms with Crippen molar-refractivity contribution in [1.82, 2.24) is 25.1 Å². The van der Waals surface area contributed by atoms with Crippen LogP contribution < -0.4 is 10.1 Å². The van der Waals surface area contributed by atoms with Gasteiger partial charge in [0.25, 0.3) is 5.91 Å². The van der Waals surface area contributed by atoms with Gasteiger partial charge < -0.3 is 10.1 Å². The quantitative estimate of drug-likeness (QED) is 0.268. The molecule has 38 heavy (non-hydrogen) atoms. The van der Waals surface area contributed by atoms with Crippen molar-refractivity contribution in [3.05, 3.63) is 112 Å². The molecule has 192 valence electrons. The van der Waals surface area contributed by atoms with Gasteiger partial charge >= 0.3 is 0 Å². The average Bonchev–Trinajstić information content (AvgIpc) is 3.34. The van der Waals surface area contributed by atoms with Crippen molar-refractivity contribution in [1.29, 1.82) is 0 Å². The number of benzene rings is 2. The predicted octanol–water partition coefficient (Wildman–Crippen LogP) is 6.29. The molecular formula is C29H25ClFN5O2. The maximum absolute atomic E-state index is 13.7. The van der Waals surface area contributed by atoms with E-state index in [9.17, 15) is 9.18 Å². The van der Waals surface area contributed by atoms with Gasteiger partial charge in [-0.1, -0.05) is 29.8 Å². The SMILES string of the molecule is Cc1cc(Cl)c(COc2cccc3c(-n4cc(F)cn4)cc(C)nc23)c([C@H](C)NC(=O)c2cccnc2)c1. The molecule has 1 amide bonds. The van der Waals surface area contributed by atoms with Gasteiger partial charge in [-0.3, -0.25) is 9.78 Å². The van der Waals surface area contributed by atoms with Gasteiger partial charge in [0.15, 0.2) is 5.82 Å². The average molecular weight is 530 g/mol. The Morgan fingerprint density at radius 3 is 2.74 bits per heavy atom. The Bertz CT molecular complexity index is 1640. The van der Waals surface area contributed by atoms with Crippen molar-refractivity contribution < 1.29 is 13.9 Å². The summed E-state index contributed by atoms with van der Waals surface area (Å²) in [6.07, 6.45) is 5.63. The number of ether oxygens (including phenoxy) is 1. The number of rotatable bonds is 7. The number of hydrogen-bond donors (Lipinski definition) is 1. The number of amides is 1. The molecule has 0 unspecified atom stereocenters. The summed E-state index contributed by atoms with van der Waals surface area (Å²) < 4.78 is 21.4. The largest absolute Gasteiger partial charge is 0.487 e.